The molecule has 0 unspecified atom stereocenters. The molecule has 0 radical (unpaired) electrons. The molecule has 0 saturated heterocycles. The first-order valence-corrected chi connectivity index (χ1v) is 10.7. The molecule has 0 saturated carbocycles. The average molecular weight is 407 g/mol. The zero-order valence-electron chi connectivity index (χ0n) is 16.0. The van der Waals surface area contributed by atoms with Crippen LogP contribution in [0.3, 0.4) is 0 Å². The van der Waals surface area contributed by atoms with E-state index in [9.17, 15) is 9.90 Å². The van der Waals surface area contributed by atoms with Crippen LogP contribution in [0.2, 0.25) is 0 Å². The zero-order chi connectivity index (χ0) is 20.2. The highest BCUT2D eigenvalue weighted by Gasteiger charge is 2.23. The summed E-state index contributed by atoms with van der Waals surface area (Å²) in [6.45, 7) is 0.000736. The second-order valence-electron chi connectivity index (χ2n) is 7.45. The van der Waals surface area contributed by atoms with Crippen molar-refractivity contribution in [3.8, 4) is 0 Å². The van der Waals surface area contributed by atoms with E-state index >= 15 is 0 Å². The lowest BCUT2D eigenvalue weighted by Gasteiger charge is -2.16. The topological polar surface area (TPSA) is 49.3 Å². The average Bonchev–Trinajstić information content (AvgIpc) is 3.12. The molecule has 0 fully saturated rings. The molecular weight excluding hydrogens is 390 g/mol. The van der Waals surface area contributed by atoms with Crippen LogP contribution in [0.1, 0.15) is 15.9 Å². The molecule has 1 amide bonds. The van der Waals surface area contributed by atoms with Crippen molar-refractivity contribution in [1.82, 2.24) is 0 Å². The highest BCUT2D eigenvalue weighted by Crippen LogP contribution is 2.45. The Morgan fingerprint density at radius 3 is 2.03 bits per heavy atom. The number of aliphatic hydroxyl groups excluding tert-OH is 1. The first kappa shape index (κ1) is 17.5. The van der Waals surface area contributed by atoms with Crippen molar-refractivity contribution in [2.24, 2.45) is 0 Å². The predicted octanol–water partition coefficient (Wildman–Crippen LogP) is 6.36. The Hall–Kier alpha value is -3.34. The van der Waals surface area contributed by atoms with Gasteiger partial charge < -0.3 is 10.4 Å². The van der Waals surface area contributed by atoms with E-state index < -0.39 is 0 Å². The minimum absolute atomic E-state index is 0.000736. The molecule has 0 spiro atoms. The van der Waals surface area contributed by atoms with Gasteiger partial charge in [0.1, 0.15) is 0 Å². The van der Waals surface area contributed by atoms with Crippen molar-refractivity contribution in [1.29, 1.82) is 0 Å². The number of amides is 1. The van der Waals surface area contributed by atoms with Crippen molar-refractivity contribution >= 4 is 55.7 Å². The summed E-state index contributed by atoms with van der Waals surface area (Å²) in [6.07, 6.45) is 0. The maximum atomic E-state index is 12.3. The Labute approximate surface area is 177 Å². The number of fused-ring (bicyclic) bond motifs is 2. The summed E-state index contributed by atoms with van der Waals surface area (Å²) >= 11 is 1.72. The summed E-state index contributed by atoms with van der Waals surface area (Å²) < 4.78 is 0. The second-order valence-corrected chi connectivity index (χ2v) is 8.50. The van der Waals surface area contributed by atoms with Crippen LogP contribution in [0.25, 0.3) is 32.3 Å². The fraction of sp³-hybridized carbons (Fsp3) is 0.0385. The number of benzene rings is 5. The van der Waals surface area contributed by atoms with E-state index in [2.05, 4.69) is 41.7 Å². The lowest BCUT2D eigenvalue weighted by molar-refractivity contribution is 0.103. The molecule has 1 aliphatic rings. The summed E-state index contributed by atoms with van der Waals surface area (Å²) in [7, 11) is 0. The smallest absolute Gasteiger partial charge is 0.256 e. The van der Waals surface area contributed by atoms with Gasteiger partial charge in [0.15, 0.2) is 0 Å². The number of anilines is 1. The molecule has 0 aliphatic carbocycles. The van der Waals surface area contributed by atoms with Crippen LogP contribution < -0.4 is 5.32 Å². The van der Waals surface area contributed by atoms with Crippen LogP contribution in [0.5, 0.6) is 0 Å². The number of carbonyl (C=O) groups excluding carboxylic acids is 1. The highest BCUT2D eigenvalue weighted by molar-refractivity contribution is 8.00. The Morgan fingerprint density at radius 1 is 0.733 bits per heavy atom. The number of aliphatic hydroxyl groups is 1. The molecule has 1 heterocycles. The monoisotopic (exact) mass is 407 g/mol. The van der Waals surface area contributed by atoms with Gasteiger partial charge in [0.05, 0.1) is 6.61 Å². The van der Waals surface area contributed by atoms with E-state index in [-0.39, 0.29) is 12.5 Å². The maximum absolute atomic E-state index is 12.3. The third-order valence-corrected chi connectivity index (χ3v) is 7.08. The van der Waals surface area contributed by atoms with Crippen LogP contribution in [-0.2, 0) is 6.61 Å². The number of hydrogen-bond donors (Lipinski definition) is 2. The second kappa shape index (κ2) is 6.59. The van der Waals surface area contributed by atoms with Gasteiger partial charge in [0.2, 0.25) is 0 Å². The predicted molar refractivity (Wildman–Crippen MR) is 123 cm³/mol. The van der Waals surface area contributed by atoms with Gasteiger partial charge in [0.25, 0.3) is 5.91 Å². The van der Waals surface area contributed by atoms with Gasteiger partial charge in [0, 0.05) is 26.4 Å². The van der Waals surface area contributed by atoms with Gasteiger partial charge in [-0.05, 0) is 50.7 Å². The zero-order valence-corrected chi connectivity index (χ0v) is 16.8. The molecule has 1 aliphatic heterocycles. The quantitative estimate of drug-likeness (QED) is 0.342. The molecule has 3 nitrogen and oxygen atoms in total. The molecule has 5 aromatic carbocycles. The van der Waals surface area contributed by atoms with Crippen LogP contribution in [0.15, 0.2) is 88.7 Å². The molecule has 0 bridgehead atoms. The summed E-state index contributed by atoms with van der Waals surface area (Å²) in [5.41, 5.74) is 2.57. The lowest BCUT2D eigenvalue weighted by atomic mass is 9.97. The molecule has 5 aromatic rings. The van der Waals surface area contributed by atoms with E-state index in [1.807, 2.05) is 42.5 Å². The van der Waals surface area contributed by atoms with Crippen LogP contribution >= 0.6 is 11.8 Å². The lowest BCUT2D eigenvalue weighted by Crippen LogP contribution is -2.03. The van der Waals surface area contributed by atoms with E-state index in [0.29, 0.717) is 0 Å². The minimum Gasteiger partial charge on any atom is -0.392 e. The molecular formula is C26H17NO2S. The highest BCUT2D eigenvalue weighted by atomic mass is 32.2. The number of hydrogen-bond acceptors (Lipinski definition) is 3. The van der Waals surface area contributed by atoms with Gasteiger partial charge in [-0.1, -0.05) is 72.4 Å². The summed E-state index contributed by atoms with van der Waals surface area (Å²) in [5, 5.41) is 19.5. The van der Waals surface area contributed by atoms with Gasteiger partial charge in [-0.15, -0.1) is 0 Å². The van der Waals surface area contributed by atoms with Crippen LogP contribution in [0.4, 0.5) is 5.69 Å². The molecule has 2 N–H and O–H groups in total. The Morgan fingerprint density at radius 2 is 1.37 bits per heavy atom. The van der Waals surface area contributed by atoms with Gasteiger partial charge in [-0.2, -0.15) is 0 Å². The molecule has 0 aromatic heterocycles. The van der Waals surface area contributed by atoms with E-state index in [4.69, 9.17) is 0 Å². The van der Waals surface area contributed by atoms with Crippen molar-refractivity contribution < 1.29 is 9.90 Å². The fourth-order valence-corrected chi connectivity index (χ4v) is 5.73. The summed E-state index contributed by atoms with van der Waals surface area (Å²) in [4.78, 5) is 14.6. The molecule has 144 valence electrons. The van der Waals surface area contributed by atoms with Crippen LogP contribution in [0, 0.1) is 0 Å². The van der Waals surface area contributed by atoms with Gasteiger partial charge in [-0.3, -0.25) is 4.79 Å². The normalized spacial score (nSPS) is 12.8. The third-order valence-electron chi connectivity index (χ3n) is 5.86. The van der Waals surface area contributed by atoms with Crippen molar-refractivity contribution in [2.45, 2.75) is 16.4 Å². The van der Waals surface area contributed by atoms with Crippen LogP contribution in [-0.4, -0.2) is 11.0 Å². The Bertz CT molecular complexity index is 1450. The Balaban J connectivity index is 1.66. The molecule has 0 atom stereocenters. The van der Waals surface area contributed by atoms with E-state index in [1.54, 1.807) is 11.8 Å². The first-order chi connectivity index (χ1) is 14.8. The number of rotatable bonds is 3. The molecule has 6 rings (SSSR count). The standard InChI is InChI=1S/C26H17NO2S/c28-14-21-15-6-1-3-8-17(15)25(18-9-4-2-7-16(18)21)30-23-13-12-22-24-19(23)10-5-11-20(24)26(29)27-22/h1-13,28H,14H2,(H,27,29). The first-order valence-electron chi connectivity index (χ1n) is 9.84. The van der Waals surface area contributed by atoms with E-state index in [1.165, 1.54) is 0 Å². The summed E-state index contributed by atoms with van der Waals surface area (Å²) in [5.74, 6) is -0.0408. The summed E-state index contributed by atoms with van der Waals surface area (Å²) in [6, 6.07) is 26.5. The van der Waals surface area contributed by atoms with Crippen molar-refractivity contribution in [2.75, 3.05) is 5.32 Å². The fourth-order valence-electron chi connectivity index (χ4n) is 4.52. The SMILES string of the molecule is O=C1Nc2ccc(Sc3c4ccccc4c(CO)c4ccccc34)c3cccc1c23. The minimum atomic E-state index is -0.0408. The van der Waals surface area contributed by atoms with Crippen molar-refractivity contribution in [3.05, 3.63) is 90.0 Å². The maximum Gasteiger partial charge on any atom is 0.256 e. The molecule has 30 heavy (non-hydrogen) atoms. The van der Waals surface area contributed by atoms with Crippen molar-refractivity contribution in [3.63, 3.8) is 0 Å². The number of nitrogens with one attached hydrogen (secondary N) is 1. The number of carbonyl (C=O) groups is 1. The van der Waals surface area contributed by atoms with Gasteiger partial charge >= 0.3 is 0 Å². The Kier molecular flexibility index (Phi) is 3.85. The largest absolute Gasteiger partial charge is 0.392 e. The third kappa shape index (κ3) is 2.41. The van der Waals surface area contributed by atoms with Gasteiger partial charge in [-0.25, -0.2) is 0 Å². The van der Waals surface area contributed by atoms with E-state index in [0.717, 1.165) is 58.9 Å². The molecule has 4 heteroatoms.